The van der Waals surface area contributed by atoms with Crippen LogP contribution in [-0.2, 0) is 12.8 Å². The minimum absolute atomic E-state index is 0.0661. The van der Waals surface area contributed by atoms with Crippen molar-refractivity contribution < 1.29 is 9.90 Å². The van der Waals surface area contributed by atoms with Gasteiger partial charge in [-0.1, -0.05) is 38.5 Å². The largest absolute Gasteiger partial charge is 0.393 e. The molecule has 0 aromatic carbocycles. The van der Waals surface area contributed by atoms with E-state index in [0.29, 0.717) is 28.3 Å². The van der Waals surface area contributed by atoms with E-state index in [0.717, 1.165) is 54.8 Å². The van der Waals surface area contributed by atoms with E-state index < -0.39 is 0 Å². The Morgan fingerprint density at radius 3 is 2.88 bits per heavy atom. The van der Waals surface area contributed by atoms with Crippen LogP contribution in [0.3, 0.4) is 0 Å². The van der Waals surface area contributed by atoms with Crippen LogP contribution in [0.1, 0.15) is 99.6 Å². The van der Waals surface area contributed by atoms with Gasteiger partial charge in [0.25, 0.3) is 5.91 Å². The number of fused-ring (bicyclic) bond motifs is 3. The molecule has 0 bridgehead atoms. The number of aliphatic hydroxyl groups excluding tert-OH is 1. The van der Waals surface area contributed by atoms with Crippen LogP contribution < -0.4 is 5.32 Å². The number of carbonyl (C=O) groups excluding carboxylic acids is 1. The average Bonchev–Trinajstić information content (AvgIpc) is 3.34. The summed E-state index contributed by atoms with van der Waals surface area (Å²) in [7, 11) is 0. The van der Waals surface area contributed by atoms with Crippen LogP contribution in [0.5, 0.6) is 0 Å². The summed E-state index contributed by atoms with van der Waals surface area (Å²) in [4.78, 5) is 23.1. The van der Waals surface area contributed by atoms with Crippen LogP contribution in [0.15, 0.2) is 6.07 Å². The third-order valence-corrected chi connectivity index (χ3v) is 9.70. The second-order valence-electron chi connectivity index (χ2n) is 12.0. The number of rotatable bonds is 6. The summed E-state index contributed by atoms with van der Waals surface area (Å²) >= 11 is 1.42. The van der Waals surface area contributed by atoms with Crippen LogP contribution in [0.25, 0.3) is 10.3 Å². The number of aliphatic hydroxyl groups is 1. The molecule has 4 atom stereocenters. The fraction of sp³-hybridized carbons (Fsp3) is 0.741. The van der Waals surface area contributed by atoms with E-state index >= 15 is 0 Å². The molecule has 2 heterocycles. The van der Waals surface area contributed by atoms with Gasteiger partial charge in [0.2, 0.25) is 0 Å². The zero-order valence-electron chi connectivity index (χ0n) is 20.5. The van der Waals surface area contributed by atoms with Gasteiger partial charge in [-0.15, -0.1) is 0 Å². The molecule has 0 aliphatic heterocycles. The normalized spacial score (nSPS) is 29.3. The van der Waals surface area contributed by atoms with Crippen LogP contribution >= 0.6 is 11.3 Å². The van der Waals surface area contributed by atoms with Gasteiger partial charge in [0.15, 0.2) is 5.01 Å². The molecule has 6 heteroatoms. The second kappa shape index (κ2) is 8.92. The fourth-order valence-electron chi connectivity index (χ4n) is 6.30. The van der Waals surface area contributed by atoms with Gasteiger partial charge < -0.3 is 10.4 Å². The van der Waals surface area contributed by atoms with Crippen LogP contribution in [0, 0.1) is 22.7 Å². The van der Waals surface area contributed by atoms with Crippen molar-refractivity contribution in [3.8, 4) is 0 Å². The monoisotopic (exact) mass is 469 g/mol. The van der Waals surface area contributed by atoms with Gasteiger partial charge in [-0.2, -0.15) is 0 Å². The quantitative estimate of drug-likeness (QED) is 0.534. The Balaban J connectivity index is 1.13. The van der Waals surface area contributed by atoms with E-state index in [1.54, 1.807) is 0 Å². The van der Waals surface area contributed by atoms with Gasteiger partial charge in [0.1, 0.15) is 10.3 Å². The standard InChI is InChI=1S/C27H39N3O2S/c1-26(2,3)18-7-9-21-17(14-18)15-22-24(29-21)33-25(30-22)23(32)28-13-5-4-11-27-12-10-20(31)8-6-19(27)16-27/h15,18-20,31H,4-14,16H2,1-3H3,(H,28,32)/t18-,19?,20?,27?/m0/s1. The van der Waals surface area contributed by atoms with Gasteiger partial charge >= 0.3 is 0 Å². The molecule has 5 nitrogen and oxygen atoms in total. The molecular weight excluding hydrogens is 430 g/mol. The summed E-state index contributed by atoms with van der Waals surface area (Å²) in [5.41, 5.74) is 4.19. The van der Waals surface area contributed by atoms with Crippen molar-refractivity contribution in [3.05, 3.63) is 22.3 Å². The topological polar surface area (TPSA) is 75.1 Å². The van der Waals surface area contributed by atoms with Gasteiger partial charge in [0, 0.05) is 12.2 Å². The third-order valence-electron chi connectivity index (χ3n) is 8.74. The number of thiazole rings is 1. The lowest BCUT2D eigenvalue weighted by molar-refractivity contribution is 0.0952. The zero-order chi connectivity index (χ0) is 23.2. The SMILES string of the molecule is CC(C)(C)[C@H]1CCc2nc3sc(C(=O)NCCCCC45CCC(O)CCC4C5)nc3cc2C1. The Morgan fingerprint density at radius 1 is 1.21 bits per heavy atom. The Kier molecular flexibility index (Phi) is 6.28. The number of hydrogen-bond acceptors (Lipinski definition) is 5. The number of nitrogens with one attached hydrogen (secondary N) is 1. The Labute approximate surface area is 201 Å². The van der Waals surface area contributed by atoms with Crippen molar-refractivity contribution >= 4 is 27.6 Å². The van der Waals surface area contributed by atoms with E-state index in [1.165, 1.54) is 54.7 Å². The molecule has 0 radical (unpaired) electrons. The van der Waals surface area contributed by atoms with Crippen molar-refractivity contribution in [2.24, 2.45) is 22.7 Å². The number of unbranched alkanes of at least 4 members (excludes halogenated alkanes) is 1. The minimum Gasteiger partial charge on any atom is -0.393 e. The summed E-state index contributed by atoms with van der Waals surface area (Å²) in [6.07, 6.45) is 12.3. The predicted molar refractivity (Wildman–Crippen MR) is 134 cm³/mol. The molecule has 3 aliphatic carbocycles. The Hall–Kier alpha value is -1.53. The number of aryl methyl sites for hydroxylation is 1. The zero-order valence-corrected chi connectivity index (χ0v) is 21.3. The highest BCUT2D eigenvalue weighted by atomic mass is 32.1. The number of nitrogens with zero attached hydrogens (tertiary/aromatic N) is 2. The molecule has 2 aromatic heterocycles. The van der Waals surface area contributed by atoms with Crippen LogP contribution in [0.4, 0.5) is 0 Å². The first kappa shape index (κ1) is 23.2. The van der Waals surface area contributed by atoms with Crippen molar-refractivity contribution in [2.45, 2.75) is 97.5 Å². The molecule has 2 fully saturated rings. The lowest BCUT2D eigenvalue weighted by Gasteiger charge is -2.34. The molecule has 33 heavy (non-hydrogen) atoms. The first-order chi connectivity index (χ1) is 15.7. The molecule has 3 aliphatic rings. The first-order valence-corrected chi connectivity index (χ1v) is 13.8. The molecular formula is C27H39N3O2S. The highest BCUT2D eigenvalue weighted by Crippen LogP contribution is 2.62. The van der Waals surface area contributed by atoms with E-state index in [2.05, 4.69) is 37.1 Å². The Morgan fingerprint density at radius 2 is 2.06 bits per heavy atom. The molecule has 2 saturated carbocycles. The molecule has 2 N–H and O–H groups in total. The van der Waals surface area contributed by atoms with Crippen LogP contribution in [-0.4, -0.2) is 33.6 Å². The number of amides is 1. The van der Waals surface area contributed by atoms with E-state index in [-0.39, 0.29) is 12.0 Å². The highest BCUT2D eigenvalue weighted by molar-refractivity contribution is 7.19. The summed E-state index contributed by atoms with van der Waals surface area (Å²) in [6.45, 7) is 7.67. The molecule has 0 spiro atoms. The summed E-state index contributed by atoms with van der Waals surface area (Å²) in [5, 5.41) is 13.5. The number of hydrogen-bond donors (Lipinski definition) is 2. The van der Waals surface area contributed by atoms with Gasteiger partial charge in [-0.3, -0.25) is 4.79 Å². The van der Waals surface area contributed by atoms with Crippen molar-refractivity contribution in [1.82, 2.24) is 15.3 Å². The van der Waals surface area contributed by atoms with E-state index in [4.69, 9.17) is 4.98 Å². The molecule has 5 rings (SSSR count). The molecule has 1 amide bonds. The summed E-state index contributed by atoms with van der Waals surface area (Å²) < 4.78 is 0. The average molecular weight is 470 g/mol. The van der Waals surface area contributed by atoms with Gasteiger partial charge in [0.05, 0.1) is 6.10 Å². The van der Waals surface area contributed by atoms with E-state index in [1.807, 2.05) is 0 Å². The van der Waals surface area contributed by atoms with Crippen molar-refractivity contribution in [3.63, 3.8) is 0 Å². The third kappa shape index (κ3) is 4.97. The highest BCUT2D eigenvalue weighted by Gasteiger charge is 2.53. The van der Waals surface area contributed by atoms with Crippen LogP contribution in [0.2, 0.25) is 0 Å². The maximum atomic E-state index is 12.7. The molecule has 2 aromatic rings. The lowest BCUT2D eigenvalue weighted by Crippen LogP contribution is -2.27. The maximum Gasteiger partial charge on any atom is 0.280 e. The smallest absolute Gasteiger partial charge is 0.280 e. The summed E-state index contributed by atoms with van der Waals surface area (Å²) in [6, 6.07) is 2.18. The van der Waals surface area contributed by atoms with Gasteiger partial charge in [-0.05, 0) is 98.5 Å². The number of aromatic nitrogens is 2. The van der Waals surface area contributed by atoms with Gasteiger partial charge in [-0.25, -0.2) is 9.97 Å². The van der Waals surface area contributed by atoms with Crippen molar-refractivity contribution in [1.29, 1.82) is 0 Å². The first-order valence-electron chi connectivity index (χ1n) is 13.0. The molecule has 0 saturated heterocycles. The number of carbonyl (C=O) groups is 1. The number of pyridine rings is 1. The maximum absolute atomic E-state index is 12.7. The fourth-order valence-corrected chi connectivity index (χ4v) is 7.15. The Bertz CT molecular complexity index is 1030. The lowest BCUT2D eigenvalue weighted by atomic mass is 9.71. The molecule has 3 unspecified atom stereocenters. The summed E-state index contributed by atoms with van der Waals surface area (Å²) in [5.74, 6) is 1.44. The molecule has 180 valence electrons. The van der Waals surface area contributed by atoms with Crippen molar-refractivity contribution in [2.75, 3.05) is 6.54 Å². The predicted octanol–water partition coefficient (Wildman–Crippen LogP) is 5.68. The minimum atomic E-state index is -0.0808. The van der Waals surface area contributed by atoms with E-state index in [9.17, 15) is 9.90 Å². The second-order valence-corrected chi connectivity index (χ2v) is 13.0.